The highest BCUT2D eigenvalue weighted by atomic mass is 19.1. The summed E-state index contributed by atoms with van der Waals surface area (Å²) >= 11 is 0. The monoisotopic (exact) mass is 373 g/mol. The predicted molar refractivity (Wildman–Crippen MR) is 100 cm³/mol. The third-order valence-electron chi connectivity index (χ3n) is 5.39. The molecule has 1 saturated heterocycles. The van der Waals surface area contributed by atoms with E-state index in [1.54, 1.807) is 18.2 Å². The zero-order chi connectivity index (χ0) is 19.3. The largest absolute Gasteiger partial charge is 0.381 e. The minimum atomic E-state index is -0.294. The molecular weight excluding hydrogens is 348 g/mol. The van der Waals surface area contributed by atoms with Crippen LogP contribution in [0.5, 0.6) is 0 Å². The van der Waals surface area contributed by atoms with E-state index < -0.39 is 0 Å². The summed E-state index contributed by atoms with van der Waals surface area (Å²) in [7, 11) is 0. The molecule has 1 fully saturated rings. The molecule has 1 heterocycles. The molecule has 1 N–H and O–H groups in total. The Morgan fingerprint density at radius 2 is 1.81 bits per heavy atom. The predicted octanol–water partition coefficient (Wildman–Crippen LogP) is 4.01. The van der Waals surface area contributed by atoms with Gasteiger partial charge in [-0.2, -0.15) is 0 Å². The fourth-order valence-electron chi connectivity index (χ4n) is 3.67. The maximum absolute atomic E-state index is 13.3. The van der Waals surface area contributed by atoms with Crippen molar-refractivity contribution in [2.75, 3.05) is 19.8 Å². The van der Waals surface area contributed by atoms with Crippen LogP contribution in [-0.4, -0.2) is 25.7 Å². The van der Waals surface area contributed by atoms with Gasteiger partial charge < -0.3 is 10.1 Å². The highest BCUT2D eigenvalue weighted by Crippen LogP contribution is 2.34. The highest BCUT2D eigenvalue weighted by molar-refractivity contribution is 5.78. The molecule has 0 saturated carbocycles. The van der Waals surface area contributed by atoms with Crippen LogP contribution in [0.1, 0.15) is 30.9 Å². The van der Waals surface area contributed by atoms with E-state index in [2.05, 4.69) is 5.32 Å². The van der Waals surface area contributed by atoms with Gasteiger partial charge in [-0.05, 0) is 54.7 Å². The van der Waals surface area contributed by atoms with Gasteiger partial charge in [0, 0.05) is 31.1 Å². The molecule has 2 aromatic rings. The minimum absolute atomic E-state index is 0.0627. The molecule has 27 heavy (non-hydrogen) atoms. The van der Waals surface area contributed by atoms with Gasteiger partial charge in [-0.1, -0.05) is 31.2 Å². The number of halogens is 2. The summed E-state index contributed by atoms with van der Waals surface area (Å²) < 4.78 is 32.1. The highest BCUT2D eigenvalue weighted by Gasteiger charge is 2.35. The van der Waals surface area contributed by atoms with Crippen LogP contribution in [0.15, 0.2) is 48.5 Å². The Bertz CT molecular complexity index is 770. The van der Waals surface area contributed by atoms with Gasteiger partial charge in [-0.3, -0.25) is 4.79 Å². The van der Waals surface area contributed by atoms with Crippen molar-refractivity contribution in [3.63, 3.8) is 0 Å². The van der Waals surface area contributed by atoms with Crippen molar-refractivity contribution in [1.82, 2.24) is 5.32 Å². The van der Waals surface area contributed by atoms with Gasteiger partial charge in [0.15, 0.2) is 0 Å². The van der Waals surface area contributed by atoms with Crippen LogP contribution in [-0.2, 0) is 21.4 Å². The lowest BCUT2D eigenvalue weighted by molar-refractivity contribution is -0.125. The maximum atomic E-state index is 13.3. The first-order valence-electron chi connectivity index (χ1n) is 9.34. The van der Waals surface area contributed by atoms with Gasteiger partial charge in [0.1, 0.15) is 11.6 Å². The lowest BCUT2D eigenvalue weighted by atomic mass is 9.74. The minimum Gasteiger partial charge on any atom is -0.381 e. The smallest absolute Gasteiger partial charge is 0.223 e. The molecule has 1 atom stereocenters. The molecule has 1 aliphatic heterocycles. The number of amides is 1. The molecule has 1 aliphatic rings. The summed E-state index contributed by atoms with van der Waals surface area (Å²) in [6.45, 7) is 3.56. The molecule has 2 aromatic carbocycles. The second-order valence-corrected chi connectivity index (χ2v) is 7.35. The second-order valence-electron chi connectivity index (χ2n) is 7.35. The number of ether oxygens (including phenoxy) is 1. The van der Waals surface area contributed by atoms with E-state index in [1.807, 2.05) is 13.0 Å². The molecule has 0 spiro atoms. The van der Waals surface area contributed by atoms with Crippen LogP contribution < -0.4 is 5.32 Å². The third-order valence-corrected chi connectivity index (χ3v) is 5.39. The van der Waals surface area contributed by atoms with E-state index in [9.17, 15) is 13.6 Å². The van der Waals surface area contributed by atoms with E-state index >= 15 is 0 Å². The van der Waals surface area contributed by atoms with Gasteiger partial charge in [0.05, 0.1) is 0 Å². The molecule has 0 aromatic heterocycles. The fraction of sp³-hybridized carbons (Fsp3) is 0.409. The lowest BCUT2D eigenvalue weighted by Gasteiger charge is -2.38. The molecule has 3 nitrogen and oxygen atoms in total. The summed E-state index contributed by atoms with van der Waals surface area (Å²) in [6, 6.07) is 12.8. The Morgan fingerprint density at radius 3 is 2.48 bits per heavy atom. The number of nitrogens with one attached hydrogen (secondary N) is 1. The van der Waals surface area contributed by atoms with Crippen LogP contribution in [0.2, 0.25) is 0 Å². The molecule has 0 radical (unpaired) electrons. The van der Waals surface area contributed by atoms with Crippen molar-refractivity contribution in [3.05, 3.63) is 71.3 Å². The molecule has 144 valence electrons. The van der Waals surface area contributed by atoms with Crippen LogP contribution in [0.25, 0.3) is 0 Å². The Balaban J connectivity index is 1.66. The standard InChI is InChI=1S/C22H25F2NO2/c1-16(13-17-3-2-4-20(24)14-17)21(26)25-15-22(9-11-27-12-10-22)18-5-7-19(23)8-6-18/h2-8,14,16H,9-13,15H2,1H3,(H,25,26). The Hall–Kier alpha value is -2.27. The topological polar surface area (TPSA) is 38.3 Å². The summed E-state index contributed by atoms with van der Waals surface area (Å²) in [5.41, 5.74) is 1.57. The zero-order valence-corrected chi connectivity index (χ0v) is 15.5. The van der Waals surface area contributed by atoms with E-state index in [4.69, 9.17) is 4.74 Å². The van der Waals surface area contributed by atoms with Crippen molar-refractivity contribution >= 4 is 5.91 Å². The van der Waals surface area contributed by atoms with Crippen molar-refractivity contribution in [3.8, 4) is 0 Å². The van der Waals surface area contributed by atoms with E-state index in [0.29, 0.717) is 26.2 Å². The fourth-order valence-corrected chi connectivity index (χ4v) is 3.67. The van der Waals surface area contributed by atoms with E-state index in [0.717, 1.165) is 24.0 Å². The third kappa shape index (κ3) is 4.92. The van der Waals surface area contributed by atoms with Crippen molar-refractivity contribution in [2.24, 2.45) is 5.92 Å². The SMILES string of the molecule is CC(Cc1cccc(F)c1)C(=O)NCC1(c2ccc(F)cc2)CCOCC1. The first-order chi connectivity index (χ1) is 13.0. The summed E-state index contributed by atoms with van der Waals surface area (Å²) in [6.07, 6.45) is 2.03. The number of hydrogen-bond donors (Lipinski definition) is 1. The first-order valence-corrected chi connectivity index (χ1v) is 9.34. The Labute approximate surface area is 158 Å². The quantitative estimate of drug-likeness (QED) is 0.831. The Kier molecular flexibility index (Phi) is 6.22. The first kappa shape index (κ1) is 19.5. The van der Waals surface area contributed by atoms with E-state index in [1.165, 1.54) is 24.3 Å². The van der Waals surface area contributed by atoms with Gasteiger partial charge in [0.2, 0.25) is 5.91 Å². The summed E-state index contributed by atoms with van der Waals surface area (Å²) in [5.74, 6) is -0.893. The van der Waals surface area contributed by atoms with Crippen molar-refractivity contribution in [2.45, 2.75) is 31.6 Å². The van der Waals surface area contributed by atoms with Crippen LogP contribution >= 0.6 is 0 Å². The number of benzene rings is 2. The van der Waals surface area contributed by atoms with Crippen molar-refractivity contribution < 1.29 is 18.3 Å². The number of carbonyl (C=O) groups is 1. The van der Waals surface area contributed by atoms with Crippen LogP contribution in [0.3, 0.4) is 0 Å². The van der Waals surface area contributed by atoms with Crippen molar-refractivity contribution in [1.29, 1.82) is 0 Å². The molecule has 0 bridgehead atoms. The van der Waals surface area contributed by atoms with Crippen LogP contribution in [0, 0.1) is 17.6 Å². The lowest BCUT2D eigenvalue weighted by Crippen LogP contribution is -2.46. The number of hydrogen-bond acceptors (Lipinski definition) is 2. The molecule has 1 amide bonds. The molecule has 1 unspecified atom stereocenters. The average molecular weight is 373 g/mol. The van der Waals surface area contributed by atoms with Gasteiger partial charge in [0.25, 0.3) is 0 Å². The molecule has 0 aliphatic carbocycles. The molecule has 3 rings (SSSR count). The summed E-state index contributed by atoms with van der Waals surface area (Å²) in [5, 5.41) is 3.06. The zero-order valence-electron chi connectivity index (χ0n) is 15.5. The van der Waals surface area contributed by atoms with E-state index in [-0.39, 0.29) is 28.9 Å². The molecular formula is C22H25F2NO2. The maximum Gasteiger partial charge on any atom is 0.223 e. The second kappa shape index (κ2) is 8.61. The number of carbonyl (C=O) groups excluding carboxylic acids is 1. The van der Waals surface area contributed by atoms with Gasteiger partial charge in [-0.15, -0.1) is 0 Å². The van der Waals surface area contributed by atoms with Crippen LogP contribution in [0.4, 0.5) is 8.78 Å². The normalized spacial score (nSPS) is 17.3. The number of rotatable bonds is 6. The molecule has 5 heteroatoms. The summed E-state index contributed by atoms with van der Waals surface area (Å²) in [4.78, 5) is 12.6. The average Bonchev–Trinajstić information content (AvgIpc) is 2.67. The van der Waals surface area contributed by atoms with Gasteiger partial charge in [-0.25, -0.2) is 8.78 Å². The Morgan fingerprint density at radius 1 is 1.11 bits per heavy atom. The van der Waals surface area contributed by atoms with Gasteiger partial charge >= 0.3 is 0 Å².